The van der Waals surface area contributed by atoms with Gasteiger partial charge in [0.2, 0.25) is 0 Å². The van der Waals surface area contributed by atoms with Gasteiger partial charge in [0.1, 0.15) is 19.8 Å². The quantitative estimate of drug-likeness (QED) is 0.567. The summed E-state index contributed by atoms with van der Waals surface area (Å²) in [7, 11) is 0. The minimum atomic E-state index is 0.333. The van der Waals surface area contributed by atoms with Crippen molar-refractivity contribution in [2.75, 3.05) is 64.0 Å². The molecule has 2 fully saturated rings. The first-order valence-corrected chi connectivity index (χ1v) is 11.2. The lowest BCUT2D eigenvalue weighted by molar-refractivity contribution is 0.192. The molecule has 9 nitrogen and oxygen atoms in total. The topological polar surface area (TPSA) is 84.9 Å². The standard InChI is InChI=1S/C22H32N6O3/c1-18-17-23-9-12-28(18)20-22(26-8-7-24-20)31-16-15-29-19-5-4-6-25-21(19)30-14-13-27-10-2-3-11-27/h4-8,18,23H,2-3,9-17H2,1H3/t18-/m1/s1. The summed E-state index contributed by atoms with van der Waals surface area (Å²) in [6.07, 6.45) is 7.63. The lowest BCUT2D eigenvalue weighted by Gasteiger charge is -2.35. The number of rotatable bonds is 10. The number of hydrogen-bond acceptors (Lipinski definition) is 9. The second-order valence-corrected chi connectivity index (χ2v) is 7.83. The Bertz CT molecular complexity index is 817. The molecule has 168 valence electrons. The Morgan fingerprint density at radius 2 is 1.71 bits per heavy atom. The maximum absolute atomic E-state index is 5.92. The lowest BCUT2D eigenvalue weighted by Crippen LogP contribution is -2.50. The highest BCUT2D eigenvalue weighted by atomic mass is 16.5. The van der Waals surface area contributed by atoms with Crippen LogP contribution >= 0.6 is 0 Å². The summed E-state index contributed by atoms with van der Waals surface area (Å²) in [5, 5.41) is 3.39. The van der Waals surface area contributed by atoms with Gasteiger partial charge in [-0.15, -0.1) is 0 Å². The SMILES string of the molecule is C[C@@H]1CNCCN1c1nccnc1OCCOc1cccnc1OCCN1CCCC1. The van der Waals surface area contributed by atoms with Gasteiger partial charge in [0, 0.05) is 50.8 Å². The number of aromatic nitrogens is 3. The maximum Gasteiger partial charge on any atom is 0.257 e. The number of piperazine rings is 1. The van der Waals surface area contributed by atoms with Crippen LogP contribution < -0.4 is 24.4 Å². The van der Waals surface area contributed by atoms with E-state index in [0.29, 0.717) is 43.4 Å². The summed E-state index contributed by atoms with van der Waals surface area (Å²) in [5.41, 5.74) is 0. The molecule has 31 heavy (non-hydrogen) atoms. The van der Waals surface area contributed by atoms with Crippen molar-refractivity contribution >= 4 is 5.82 Å². The van der Waals surface area contributed by atoms with Crippen molar-refractivity contribution in [2.45, 2.75) is 25.8 Å². The van der Waals surface area contributed by atoms with Crippen molar-refractivity contribution < 1.29 is 14.2 Å². The highest BCUT2D eigenvalue weighted by Crippen LogP contribution is 2.26. The first-order chi connectivity index (χ1) is 15.3. The highest BCUT2D eigenvalue weighted by molar-refractivity contribution is 5.49. The van der Waals surface area contributed by atoms with Crippen LogP contribution in [0.3, 0.4) is 0 Å². The van der Waals surface area contributed by atoms with Gasteiger partial charge in [-0.1, -0.05) is 0 Å². The van der Waals surface area contributed by atoms with Crippen LogP contribution in [-0.4, -0.2) is 85.0 Å². The Morgan fingerprint density at radius 3 is 2.58 bits per heavy atom. The fourth-order valence-electron chi connectivity index (χ4n) is 3.93. The number of nitrogens with one attached hydrogen (secondary N) is 1. The highest BCUT2D eigenvalue weighted by Gasteiger charge is 2.23. The first kappa shape index (κ1) is 21.6. The lowest BCUT2D eigenvalue weighted by atomic mass is 10.2. The molecule has 0 unspecified atom stereocenters. The normalized spacial score (nSPS) is 19.4. The van der Waals surface area contributed by atoms with Gasteiger partial charge >= 0.3 is 0 Å². The molecule has 2 aromatic heterocycles. The number of ether oxygens (including phenoxy) is 3. The van der Waals surface area contributed by atoms with Crippen LogP contribution in [0, 0.1) is 0 Å². The van der Waals surface area contributed by atoms with Crippen LogP contribution in [0.1, 0.15) is 19.8 Å². The Morgan fingerprint density at radius 1 is 0.935 bits per heavy atom. The zero-order valence-corrected chi connectivity index (χ0v) is 18.2. The average molecular weight is 429 g/mol. The number of nitrogens with zero attached hydrogens (tertiary/aromatic N) is 5. The Kier molecular flexibility index (Phi) is 7.73. The van der Waals surface area contributed by atoms with E-state index in [1.807, 2.05) is 12.1 Å². The molecule has 9 heteroatoms. The zero-order chi connectivity index (χ0) is 21.3. The number of anilines is 1. The molecule has 2 aliphatic heterocycles. The second kappa shape index (κ2) is 11.1. The van der Waals surface area contributed by atoms with Crippen LogP contribution in [0.2, 0.25) is 0 Å². The summed E-state index contributed by atoms with van der Waals surface area (Å²) in [4.78, 5) is 17.9. The van der Waals surface area contributed by atoms with Crippen LogP contribution in [0.15, 0.2) is 30.7 Å². The van der Waals surface area contributed by atoms with E-state index in [2.05, 4.69) is 37.0 Å². The van der Waals surface area contributed by atoms with E-state index in [1.165, 1.54) is 12.8 Å². The molecule has 0 aromatic carbocycles. The Hall–Kier alpha value is -2.65. The van der Waals surface area contributed by atoms with Gasteiger partial charge in [-0.2, -0.15) is 0 Å². The predicted molar refractivity (Wildman–Crippen MR) is 118 cm³/mol. The summed E-state index contributed by atoms with van der Waals surface area (Å²) in [5.74, 6) is 2.47. The van der Waals surface area contributed by atoms with E-state index in [-0.39, 0.29) is 0 Å². The van der Waals surface area contributed by atoms with Crippen LogP contribution in [-0.2, 0) is 0 Å². The van der Waals surface area contributed by atoms with Gasteiger partial charge in [-0.05, 0) is 45.0 Å². The third kappa shape index (κ3) is 5.95. The van der Waals surface area contributed by atoms with Gasteiger partial charge in [0.25, 0.3) is 11.8 Å². The molecule has 0 spiro atoms. The van der Waals surface area contributed by atoms with E-state index >= 15 is 0 Å². The molecular formula is C22H32N6O3. The van der Waals surface area contributed by atoms with Crippen LogP contribution in [0.5, 0.6) is 17.5 Å². The van der Waals surface area contributed by atoms with E-state index < -0.39 is 0 Å². The summed E-state index contributed by atoms with van der Waals surface area (Å²) >= 11 is 0. The predicted octanol–water partition coefficient (Wildman–Crippen LogP) is 1.60. The van der Waals surface area contributed by atoms with Crippen molar-refractivity contribution in [1.82, 2.24) is 25.2 Å². The molecule has 0 bridgehead atoms. The summed E-state index contributed by atoms with van der Waals surface area (Å²) in [6.45, 7) is 9.44. The van der Waals surface area contributed by atoms with Crippen molar-refractivity contribution in [2.24, 2.45) is 0 Å². The molecular weight excluding hydrogens is 396 g/mol. The molecule has 1 atom stereocenters. The van der Waals surface area contributed by atoms with E-state index in [1.54, 1.807) is 18.6 Å². The number of likely N-dealkylation sites (tertiary alicyclic amines) is 1. The number of pyridine rings is 1. The Balaban J connectivity index is 1.27. The smallest absolute Gasteiger partial charge is 0.257 e. The molecule has 1 N–H and O–H groups in total. The van der Waals surface area contributed by atoms with Crippen molar-refractivity contribution in [3.05, 3.63) is 30.7 Å². The van der Waals surface area contributed by atoms with E-state index in [0.717, 1.165) is 45.1 Å². The number of hydrogen-bond donors (Lipinski definition) is 1. The molecule has 2 aliphatic rings. The fraction of sp³-hybridized carbons (Fsp3) is 0.591. The van der Waals surface area contributed by atoms with Crippen LogP contribution in [0.4, 0.5) is 5.82 Å². The largest absolute Gasteiger partial charge is 0.484 e. The molecule has 4 heterocycles. The molecule has 0 radical (unpaired) electrons. The maximum atomic E-state index is 5.92. The zero-order valence-electron chi connectivity index (χ0n) is 18.2. The van der Waals surface area contributed by atoms with E-state index in [9.17, 15) is 0 Å². The van der Waals surface area contributed by atoms with Gasteiger partial charge in [-0.3, -0.25) is 4.90 Å². The monoisotopic (exact) mass is 428 g/mol. The Labute approximate surface area is 183 Å². The minimum absolute atomic E-state index is 0.333. The van der Waals surface area contributed by atoms with Gasteiger partial charge in [0.15, 0.2) is 11.6 Å². The van der Waals surface area contributed by atoms with Crippen molar-refractivity contribution in [3.8, 4) is 17.5 Å². The molecule has 0 aliphatic carbocycles. The van der Waals surface area contributed by atoms with E-state index in [4.69, 9.17) is 14.2 Å². The molecule has 2 aromatic rings. The minimum Gasteiger partial charge on any atom is -0.484 e. The van der Waals surface area contributed by atoms with Gasteiger partial charge < -0.3 is 24.4 Å². The average Bonchev–Trinajstić information content (AvgIpc) is 3.32. The van der Waals surface area contributed by atoms with Crippen molar-refractivity contribution in [1.29, 1.82) is 0 Å². The molecule has 0 amide bonds. The third-order valence-electron chi connectivity index (χ3n) is 5.58. The van der Waals surface area contributed by atoms with Crippen LogP contribution in [0.25, 0.3) is 0 Å². The summed E-state index contributed by atoms with van der Waals surface area (Å²) in [6, 6.07) is 4.05. The third-order valence-corrected chi connectivity index (χ3v) is 5.58. The summed E-state index contributed by atoms with van der Waals surface area (Å²) < 4.78 is 17.7. The molecule has 0 saturated carbocycles. The first-order valence-electron chi connectivity index (χ1n) is 11.2. The molecule has 2 saturated heterocycles. The van der Waals surface area contributed by atoms with Gasteiger partial charge in [0.05, 0.1) is 0 Å². The molecule has 4 rings (SSSR count). The van der Waals surface area contributed by atoms with Gasteiger partial charge in [-0.25, -0.2) is 15.0 Å². The second-order valence-electron chi connectivity index (χ2n) is 7.83. The fourth-order valence-corrected chi connectivity index (χ4v) is 3.93. The van der Waals surface area contributed by atoms with Crippen molar-refractivity contribution in [3.63, 3.8) is 0 Å².